The van der Waals surface area contributed by atoms with E-state index in [1.165, 1.54) is 0 Å². The van der Waals surface area contributed by atoms with Gasteiger partial charge in [-0.25, -0.2) is 0 Å². The van der Waals surface area contributed by atoms with Crippen molar-refractivity contribution in [3.63, 3.8) is 0 Å². The quantitative estimate of drug-likeness (QED) is 0.725. The molecule has 2 aliphatic carbocycles. The topological polar surface area (TPSA) is 35.5 Å². The lowest BCUT2D eigenvalue weighted by Gasteiger charge is -2.53. The Kier molecular flexibility index (Phi) is 3.89. The molecule has 0 bridgehead atoms. The fourth-order valence-electron chi connectivity index (χ4n) is 5.11. The summed E-state index contributed by atoms with van der Waals surface area (Å²) in [4.78, 5) is 13.3. The second-order valence-corrected chi connectivity index (χ2v) is 7.77. The molecule has 2 saturated carbocycles. The molecule has 1 aromatic rings. The molecule has 3 atom stereocenters. The maximum absolute atomic E-state index is 13.3. The normalized spacial score (nSPS) is 36.9. The van der Waals surface area contributed by atoms with E-state index in [4.69, 9.17) is 9.47 Å². The molecule has 4 rings (SSSR count). The van der Waals surface area contributed by atoms with Crippen molar-refractivity contribution in [2.45, 2.75) is 45.3 Å². The predicted molar refractivity (Wildman–Crippen MR) is 93.3 cm³/mol. The highest BCUT2D eigenvalue weighted by molar-refractivity contribution is 6.04. The molecular weight excluding hydrogens is 300 g/mol. The highest BCUT2D eigenvalue weighted by atomic mass is 16.7. The highest BCUT2D eigenvalue weighted by Crippen LogP contribution is 2.57. The van der Waals surface area contributed by atoms with E-state index in [1.54, 1.807) is 0 Å². The largest absolute Gasteiger partial charge is 0.347 e. The van der Waals surface area contributed by atoms with Gasteiger partial charge < -0.3 is 9.47 Å². The van der Waals surface area contributed by atoms with Crippen LogP contribution in [0.2, 0.25) is 0 Å². The number of carbonyl (C=O) groups excluding carboxylic acids is 1. The van der Waals surface area contributed by atoms with Gasteiger partial charge in [0.15, 0.2) is 11.6 Å². The maximum Gasteiger partial charge on any atom is 0.171 e. The van der Waals surface area contributed by atoms with Gasteiger partial charge in [-0.05, 0) is 42.4 Å². The van der Waals surface area contributed by atoms with Gasteiger partial charge in [0, 0.05) is 17.8 Å². The summed E-state index contributed by atoms with van der Waals surface area (Å²) in [7, 11) is 0. The van der Waals surface area contributed by atoms with Crippen LogP contribution in [0, 0.1) is 17.3 Å². The Bertz CT molecular complexity index is 657. The standard InChI is InChI=1S/C21H26O3/c1-15-18-9-8-17(14-16-6-4-3-5-7-16)19(22)20(18,2)10-11-21(15)23-12-13-24-21/h3-7,14-15,18H,8-13H2,1-2H3/b17-14+/t15-,18-,20-/m1/s1. The molecular formula is C21H26O3. The predicted octanol–water partition coefficient (Wildman–Crippen LogP) is 4.23. The molecule has 1 aliphatic heterocycles. The van der Waals surface area contributed by atoms with Crippen LogP contribution in [-0.4, -0.2) is 24.8 Å². The third-order valence-electron chi connectivity index (χ3n) is 6.56. The van der Waals surface area contributed by atoms with E-state index < -0.39 is 5.79 Å². The summed E-state index contributed by atoms with van der Waals surface area (Å²) in [6.07, 6.45) is 5.66. The fourth-order valence-corrected chi connectivity index (χ4v) is 5.11. The molecule has 0 aromatic heterocycles. The zero-order chi connectivity index (χ0) is 16.8. The van der Waals surface area contributed by atoms with Gasteiger partial charge in [-0.3, -0.25) is 4.79 Å². The molecule has 24 heavy (non-hydrogen) atoms. The molecule has 0 N–H and O–H groups in total. The van der Waals surface area contributed by atoms with Crippen LogP contribution in [0.5, 0.6) is 0 Å². The first-order valence-corrected chi connectivity index (χ1v) is 9.13. The van der Waals surface area contributed by atoms with Gasteiger partial charge in [-0.2, -0.15) is 0 Å². The summed E-state index contributed by atoms with van der Waals surface area (Å²) >= 11 is 0. The Labute approximate surface area is 144 Å². The number of hydrogen-bond donors (Lipinski definition) is 0. The van der Waals surface area contributed by atoms with Crippen LogP contribution in [0.3, 0.4) is 0 Å². The first-order chi connectivity index (χ1) is 11.6. The number of fused-ring (bicyclic) bond motifs is 1. The summed E-state index contributed by atoms with van der Waals surface area (Å²) in [5.74, 6) is 0.499. The average molecular weight is 326 g/mol. The van der Waals surface area contributed by atoms with Gasteiger partial charge in [0.1, 0.15) is 0 Å². The van der Waals surface area contributed by atoms with Crippen molar-refractivity contribution in [1.82, 2.24) is 0 Å². The van der Waals surface area contributed by atoms with E-state index in [1.807, 2.05) is 18.2 Å². The van der Waals surface area contributed by atoms with Crippen LogP contribution < -0.4 is 0 Å². The molecule has 1 spiro atoms. The molecule has 3 nitrogen and oxygen atoms in total. The number of ketones is 1. The van der Waals surface area contributed by atoms with Crippen molar-refractivity contribution >= 4 is 11.9 Å². The number of carbonyl (C=O) groups is 1. The summed E-state index contributed by atoms with van der Waals surface area (Å²) in [6.45, 7) is 5.74. The molecule has 1 aromatic carbocycles. The molecule has 1 saturated heterocycles. The van der Waals surface area contributed by atoms with E-state index in [9.17, 15) is 4.79 Å². The molecule has 3 aliphatic rings. The first kappa shape index (κ1) is 16.0. The van der Waals surface area contributed by atoms with Crippen molar-refractivity contribution < 1.29 is 14.3 Å². The molecule has 3 heteroatoms. The Morgan fingerprint density at radius 1 is 1.12 bits per heavy atom. The summed E-state index contributed by atoms with van der Waals surface area (Å²) < 4.78 is 12.0. The van der Waals surface area contributed by atoms with Crippen molar-refractivity contribution in [1.29, 1.82) is 0 Å². The van der Waals surface area contributed by atoms with Crippen LogP contribution >= 0.6 is 0 Å². The Hall–Kier alpha value is -1.45. The Morgan fingerprint density at radius 3 is 2.54 bits per heavy atom. The number of allylic oxidation sites excluding steroid dienone is 1. The van der Waals surface area contributed by atoms with Gasteiger partial charge in [-0.1, -0.05) is 44.2 Å². The van der Waals surface area contributed by atoms with E-state index in [-0.39, 0.29) is 11.3 Å². The SMILES string of the molecule is C[C@@H]1[C@H]2CC/C(=C\c3ccccc3)C(=O)[C@]2(C)CCC12OCCO2. The zero-order valence-corrected chi connectivity index (χ0v) is 14.6. The molecule has 1 heterocycles. The lowest BCUT2D eigenvalue weighted by Crippen LogP contribution is -2.56. The molecule has 128 valence electrons. The molecule has 3 fully saturated rings. The van der Waals surface area contributed by atoms with Gasteiger partial charge in [0.25, 0.3) is 0 Å². The van der Waals surface area contributed by atoms with Crippen LogP contribution in [0.15, 0.2) is 35.9 Å². The maximum atomic E-state index is 13.3. The number of benzene rings is 1. The lowest BCUT2D eigenvalue weighted by atomic mass is 9.54. The lowest BCUT2D eigenvalue weighted by molar-refractivity contribution is -0.241. The van der Waals surface area contributed by atoms with Gasteiger partial charge in [0.05, 0.1) is 13.2 Å². The first-order valence-electron chi connectivity index (χ1n) is 9.13. The van der Waals surface area contributed by atoms with Crippen molar-refractivity contribution in [2.24, 2.45) is 17.3 Å². The summed E-state index contributed by atoms with van der Waals surface area (Å²) in [6, 6.07) is 10.2. The average Bonchev–Trinajstić information content (AvgIpc) is 3.07. The van der Waals surface area contributed by atoms with Crippen molar-refractivity contribution in [3.05, 3.63) is 41.5 Å². The van der Waals surface area contributed by atoms with Crippen LogP contribution in [0.1, 0.15) is 45.1 Å². The second-order valence-electron chi connectivity index (χ2n) is 7.77. The number of rotatable bonds is 1. The van der Waals surface area contributed by atoms with Crippen molar-refractivity contribution in [2.75, 3.05) is 13.2 Å². The monoisotopic (exact) mass is 326 g/mol. The number of Topliss-reactive ketones (excluding diaryl/α,β-unsaturated/α-hetero) is 1. The Morgan fingerprint density at radius 2 is 1.83 bits per heavy atom. The minimum Gasteiger partial charge on any atom is -0.347 e. The van der Waals surface area contributed by atoms with Crippen LogP contribution in [-0.2, 0) is 14.3 Å². The van der Waals surface area contributed by atoms with E-state index >= 15 is 0 Å². The number of ether oxygens (including phenoxy) is 2. The summed E-state index contributed by atoms with van der Waals surface area (Å²) in [5, 5.41) is 0. The molecule has 0 radical (unpaired) electrons. The third kappa shape index (κ3) is 2.37. The van der Waals surface area contributed by atoms with Gasteiger partial charge in [0.2, 0.25) is 0 Å². The minimum atomic E-state index is -0.439. The van der Waals surface area contributed by atoms with E-state index in [0.717, 1.165) is 36.8 Å². The zero-order valence-electron chi connectivity index (χ0n) is 14.6. The van der Waals surface area contributed by atoms with Crippen LogP contribution in [0.4, 0.5) is 0 Å². The van der Waals surface area contributed by atoms with Gasteiger partial charge in [-0.15, -0.1) is 0 Å². The van der Waals surface area contributed by atoms with Crippen LogP contribution in [0.25, 0.3) is 6.08 Å². The second kappa shape index (κ2) is 5.82. The minimum absolute atomic E-state index is 0.265. The fraction of sp³-hybridized carbons (Fsp3) is 0.571. The van der Waals surface area contributed by atoms with E-state index in [2.05, 4.69) is 32.1 Å². The smallest absolute Gasteiger partial charge is 0.171 e. The molecule has 0 amide bonds. The highest BCUT2D eigenvalue weighted by Gasteiger charge is 2.59. The van der Waals surface area contributed by atoms with E-state index in [0.29, 0.717) is 24.9 Å². The summed E-state index contributed by atoms with van der Waals surface area (Å²) in [5.41, 5.74) is 1.82. The number of hydrogen-bond acceptors (Lipinski definition) is 3. The van der Waals surface area contributed by atoms with Gasteiger partial charge >= 0.3 is 0 Å². The third-order valence-corrected chi connectivity index (χ3v) is 6.56. The molecule has 0 unspecified atom stereocenters. The van der Waals surface area contributed by atoms with Crippen molar-refractivity contribution in [3.8, 4) is 0 Å². The Balaban J connectivity index is 1.62.